The van der Waals surface area contributed by atoms with Crippen molar-refractivity contribution in [1.29, 1.82) is 0 Å². The molecular weight excluding hydrogens is 254 g/mol. The van der Waals surface area contributed by atoms with Gasteiger partial charge in [0.2, 0.25) is 5.09 Å². The Balaban J connectivity index is 2.04. The van der Waals surface area contributed by atoms with Crippen molar-refractivity contribution in [3.8, 4) is 0 Å². The van der Waals surface area contributed by atoms with Crippen LogP contribution in [0.3, 0.4) is 0 Å². The molecule has 6 heteroatoms. The second kappa shape index (κ2) is 5.42. The first-order valence-corrected chi connectivity index (χ1v) is 7.75. The van der Waals surface area contributed by atoms with E-state index in [1.54, 1.807) is 0 Å². The van der Waals surface area contributed by atoms with E-state index in [1.807, 2.05) is 6.92 Å². The molecule has 102 valence electrons. The van der Waals surface area contributed by atoms with Gasteiger partial charge in [-0.05, 0) is 30.9 Å². The van der Waals surface area contributed by atoms with Gasteiger partial charge >= 0.3 is 0 Å². The summed E-state index contributed by atoms with van der Waals surface area (Å²) in [5.74, 6) is 0.924. The van der Waals surface area contributed by atoms with E-state index in [1.165, 1.54) is 25.0 Å². The van der Waals surface area contributed by atoms with Gasteiger partial charge in [0.25, 0.3) is 10.0 Å². The van der Waals surface area contributed by atoms with Crippen molar-refractivity contribution >= 4 is 10.0 Å². The number of furan rings is 1. The van der Waals surface area contributed by atoms with E-state index in [9.17, 15) is 8.42 Å². The minimum absolute atomic E-state index is 0.0369. The summed E-state index contributed by atoms with van der Waals surface area (Å²) < 4.78 is 31.8. The summed E-state index contributed by atoms with van der Waals surface area (Å²) in [6, 6.07) is 2.80. The van der Waals surface area contributed by atoms with E-state index in [0.717, 1.165) is 12.8 Å². The first-order chi connectivity index (χ1) is 8.55. The summed E-state index contributed by atoms with van der Waals surface area (Å²) >= 11 is 0. The maximum absolute atomic E-state index is 12.0. The van der Waals surface area contributed by atoms with Crippen LogP contribution in [0.1, 0.15) is 38.4 Å². The molecule has 0 saturated heterocycles. The molecule has 18 heavy (non-hydrogen) atoms. The molecule has 0 aromatic carbocycles. The third-order valence-electron chi connectivity index (χ3n) is 3.19. The van der Waals surface area contributed by atoms with Crippen molar-refractivity contribution in [2.75, 3.05) is 0 Å². The molecule has 1 aromatic heterocycles. The average Bonchev–Trinajstić information content (AvgIpc) is 3.01. The highest BCUT2D eigenvalue weighted by Crippen LogP contribution is 2.34. The number of rotatable bonds is 7. The molecule has 5 nitrogen and oxygen atoms in total. The summed E-state index contributed by atoms with van der Waals surface area (Å²) in [5, 5.41) is 8.74. The monoisotopic (exact) mass is 273 g/mol. The lowest BCUT2D eigenvalue weighted by molar-refractivity contribution is 0.236. The zero-order valence-corrected chi connectivity index (χ0v) is 11.2. The van der Waals surface area contributed by atoms with Gasteiger partial charge in [-0.15, -0.1) is 0 Å². The van der Waals surface area contributed by atoms with E-state index in [0.29, 0.717) is 5.92 Å². The van der Waals surface area contributed by atoms with Gasteiger partial charge in [0.15, 0.2) is 0 Å². The van der Waals surface area contributed by atoms with Crippen LogP contribution in [0.2, 0.25) is 0 Å². The SMILES string of the molecule is CCC(CC1CC1)NS(=O)(=O)c1ccc(CO)o1. The summed E-state index contributed by atoms with van der Waals surface area (Å²) in [4.78, 5) is 0. The van der Waals surface area contributed by atoms with Gasteiger partial charge in [0, 0.05) is 6.04 Å². The number of sulfonamides is 1. The Bertz CT molecular complexity index is 490. The number of aliphatic hydroxyl groups is 1. The summed E-state index contributed by atoms with van der Waals surface area (Å²) in [6.07, 6.45) is 4.06. The smallest absolute Gasteiger partial charge is 0.274 e. The van der Waals surface area contributed by atoms with E-state index >= 15 is 0 Å². The van der Waals surface area contributed by atoms with Crippen LogP contribution in [0.5, 0.6) is 0 Å². The Morgan fingerprint density at radius 1 is 1.50 bits per heavy atom. The van der Waals surface area contributed by atoms with Crippen LogP contribution in [0, 0.1) is 5.92 Å². The Kier molecular flexibility index (Phi) is 4.09. The topological polar surface area (TPSA) is 79.5 Å². The Morgan fingerprint density at radius 2 is 2.22 bits per heavy atom. The Labute approximate surface area is 107 Å². The maximum atomic E-state index is 12.0. The second-order valence-electron chi connectivity index (χ2n) is 4.78. The van der Waals surface area contributed by atoms with Gasteiger partial charge in [0.1, 0.15) is 12.4 Å². The zero-order chi connectivity index (χ0) is 13.2. The molecule has 1 aliphatic carbocycles. The largest absolute Gasteiger partial charge is 0.446 e. The molecule has 1 aromatic rings. The predicted octanol–water partition coefficient (Wildman–Crippen LogP) is 1.63. The molecule has 1 heterocycles. The highest BCUT2D eigenvalue weighted by molar-refractivity contribution is 7.89. The predicted molar refractivity (Wildman–Crippen MR) is 66.4 cm³/mol. The molecule has 1 atom stereocenters. The number of aliphatic hydroxyl groups excluding tert-OH is 1. The fourth-order valence-electron chi connectivity index (χ4n) is 1.92. The summed E-state index contributed by atoms with van der Waals surface area (Å²) in [7, 11) is -3.61. The van der Waals surface area contributed by atoms with Gasteiger partial charge in [-0.25, -0.2) is 13.1 Å². The molecule has 0 aliphatic heterocycles. The van der Waals surface area contributed by atoms with Crippen LogP contribution in [-0.4, -0.2) is 19.6 Å². The van der Waals surface area contributed by atoms with Crippen molar-refractivity contribution in [1.82, 2.24) is 4.72 Å². The molecule has 2 N–H and O–H groups in total. The van der Waals surface area contributed by atoms with Crippen molar-refractivity contribution < 1.29 is 17.9 Å². The van der Waals surface area contributed by atoms with Gasteiger partial charge in [-0.2, -0.15) is 0 Å². The van der Waals surface area contributed by atoms with Gasteiger partial charge in [0.05, 0.1) is 0 Å². The lowest BCUT2D eigenvalue weighted by Gasteiger charge is -2.15. The van der Waals surface area contributed by atoms with Crippen molar-refractivity contribution in [3.05, 3.63) is 17.9 Å². The molecule has 0 bridgehead atoms. The molecule has 0 radical (unpaired) electrons. The van der Waals surface area contributed by atoms with Crippen LogP contribution >= 0.6 is 0 Å². The van der Waals surface area contributed by atoms with Crippen LogP contribution < -0.4 is 4.72 Å². The number of hydrogen-bond acceptors (Lipinski definition) is 4. The Morgan fingerprint density at radius 3 is 2.72 bits per heavy atom. The van der Waals surface area contributed by atoms with Crippen LogP contribution in [0.25, 0.3) is 0 Å². The van der Waals surface area contributed by atoms with Crippen molar-refractivity contribution in [2.24, 2.45) is 5.92 Å². The average molecular weight is 273 g/mol. The maximum Gasteiger partial charge on any atom is 0.274 e. The minimum Gasteiger partial charge on any atom is -0.446 e. The fourth-order valence-corrected chi connectivity index (χ4v) is 3.20. The van der Waals surface area contributed by atoms with Crippen LogP contribution in [0.4, 0.5) is 0 Å². The van der Waals surface area contributed by atoms with Crippen molar-refractivity contribution in [3.63, 3.8) is 0 Å². The first kappa shape index (κ1) is 13.6. The fraction of sp³-hybridized carbons (Fsp3) is 0.667. The van der Waals surface area contributed by atoms with Gasteiger partial charge in [-0.3, -0.25) is 0 Å². The normalized spacial score (nSPS) is 17.9. The summed E-state index contributed by atoms with van der Waals surface area (Å²) in [5.41, 5.74) is 0. The molecule has 1 aliphatic rings. The number of nitrogens with one attached hydrogen (secondary N) is 1. The van der Waals surface area contributed by atoms with Crippen molar-refractivity contribution in [2.45, 2.75) is 50.3 Å². The molecule has 0 amide bonds. The molecule has 1 fully saturated rings. The zero-order valence-electron chi connectivity index (χ0n) is 10.4. The Hall–Kier alpha value is -0.850. The van der Waals surface area contributed by atoms with E-state index in [2.05, 4.69) is 4.72 Å². The lowest BCUT2D eigenvalue weighted by Crippen LogP contribution is -2.34. The molecule has 1 saturated carbocycles. The number of hydrogen-bond donors (Lipinski definition) is 2. The lowest BCUT2D eigenvalue weighted by atomic mass is 10.1. The van der Waals surface area contributed by atoms with Crippen LogP contribution in [-0.2, 0) is 16.6 Å². The second-order valence-corrected chi connectivity index (χ2v) is 6.43. The minimum atomic E-state index is -3.61. The van der Waals surface area contributed by atoms with E-state index in [4.69, 9.17) is 9.52 Å². The first-order valence-electron chi connectivity index (χ1n) is 6.27. The van der Waals surface area contributed by atoms with Gasteiger partial charge in [-0.1, -0.05) is 19.8 Å². The molecular formula is C12H19NO4S. The van der Waals surface area contributed by atoms with Gasteiger partial charge < -0.3 is 9.52 Å². The third kappa shape index (κ3) is 3.34. The standard InChI is InChI=1S/C12H19NO4S/c1-2-10(7-9-3-4-9)13-18(15,16)12-6-5-11(8-14)17-12/h5-6,9-10,13-14H,2-4,7-8H2,1H3. The summed E-state index contributed by atoms with van der Waals surface area (Å²) in [6.45, 7) is 1.67. The molecule has 2 rings (SSSR count). The quantitative estimate of drug-likeness (QED) is 0.791. The highest BCUT2D eigenvalue weighted by atomic mass is 32.2. The molecule has 1 unspecified atom stereocenters. The van der Waals surface area contributed by atoms with E-state index < -0.39 is 10.0 Å². The highest BCUT2D eigenvalue weighted by Gasteiger charge is 2.28. The third-order valence-corrected chi connectivity index (χ3v) is 4.58. The molecule has 0 spiro atoms. The van der Waals surface area contributed by atoms with E-state index in [-0.39, 0.29) is 23.5 Å². The van der Waals surface area contributed by atoms with Crippen LogP contribution in [0.15, 0.2) is 21.6 Å².